The van der Waals surface area contributed by atoms with Crippen molar-refractivity contribution in [1.82, 2.24) is 10.1 Å². The molecule has 0 aliphatic carbocycles. The van der Waals surface area contributed by atoms with Gasteiger partial charge in [0.15, 0.2) is 0 Å². The van der Waals surface area contributed by atoms with Gasteiger partial charge in [0.2, 0.25) is 11.7 Å². The third kappa shape index (κ3) is 2.18. The molecule has 0 spiro atoms. The van der Waals surface area contributed by atoms with E-state index in [4.69, 9.17) is 9.26 Å². The first-order valence-corrected chi connectivity index (χ1v) is 6.89. The Bertz CT molecular complexity index is 594. The van der Waals surface area contributed by atoms with E-state index in [2.05, 4.69) is 41.4 Å². The molecule has 5 heteroatoms. The average molecular weight is 273 g/mol. The molecule has 1 aromatic carbocycles. The van der Waals surface area contributed by atoms with Crippen molar-refractivity contribution < 1.29 is 9.26 Å². The van der Waals surface area contributed by atoms with Crippen LogP contribution in [0.5, 0.6) is 0 Å². The normalized spacial score (nSPS) is 18.9. The number of anilines is 1. The maximum atomic E-state index is 5.46. The predicted octanol–water partition coefficient (Wildman–Crippen LogP) is 2.97. The summed E-state index contributed by atoms with van der Waals surface area (Å²) in [6.45, 7) is 4.95. The van der Waals surface area contributed by atoms with Crippen LogP contribution in [0.25, 0.3) is 0 Å². The van der Waals surface area contributed by atoms with E-state index >= 15 is 0 Å². The first-order chi connectivity index (χ1) is 9.70. The lowest BCUT2D eigenvalue weighted by Gasteiger charge is -2.14. The summed E-state index contributed by atoms with van der Waals surface area (Å²) >= 11 is 0. The van der Waals surface area contributed by atoms with Crippen LogP contribution in [0, 0.1) is 5.92 Å². The van der Waals surface area contributed by atoms with Crippen molar-refractivity contribution in [3.8, 4) is 0 Å². The second-order valence-corrected chi connectivity index (χ2v) is 5.41. The predicted molar refractivity (Wildman–Crippen MR) is 75.7 cm³/mol. The van der Waals surface area contributed by atoms with Gasteiger partial charge in [-0.05, 0) is 17.5 Å². The van der Waals surface area contributed by atoms with Crippen molar-refractivity contribution in [2.45, 2.75) is 25.9 Å². The third-order valence-corrected chi connectivity index (χ3v) is 3.70. The van der Waals surface area contributed by atoms with E-state index in [9.17, 15) is 0 Å². The molecule has 2 heterocycles. The van der Waals surface area contributed by atoms with Gasteiger partial charge in [0.25, 0.3) is 0 Å². The minimum absolute atomic E-state index is 0.122. The number of nitrogens with zero attached hydrogens (tertiary/aromatic N) is 2. The molecule has 2 aromatic rings. The SMILES string of the molecule is COC(c1noc(C2CNc3ccccc32)n1)C(C)C. The summed E-state index contributed by atoms with van der Waals surface area (Å²) in [5.74, 6) is 1.71. The van der Waals surface area contributed by atoms with Gasteiger partial charge in [0.1, 0.15) is 6.10 Å². The fourth-order valence-corrected chi connectivity index (χ4v) is 2.68. The Morgan fingerprint density at radius 3 is 2.90 bits per heavy atom. The highest BCUT2D eigenvalue weighted by Crippen LogP contribution is 2.35. The van der Waals surface area contributed by atoms with Crippen LogP contribution in [0.4, 0.5) is 5.69 Å². The second kappa shape index (κ2) is 5.25. The topological polar surface area (TPSA) is 60.2 Å². The van der Waals surface area contributed by atoms with Gasteiger partial charge in [-0.1, -0.05) is 37.2 Å². The number of hydrogen-bond donors (Lipinski definition) is 1. The fourth-order valence-electron chi connectivity index (χ4n) is 2.68. The molecule has 1 aliphatic heterocycles. The van der Waals surface area contributed by atoms with Crippen LogP contribution in [-0.2, 0) is 4.74 Å². The minimum atomic E-state index is -0.128. The number of benzene rings is 1. The van der Waals surface area contributed by atoms with Gasteiger partial charge < -0.3 is 14.6 Å². The Hall–Kier alpha value is -1.88. The number of nitrogens with one attached hydrogen (secondary N) is 1. The van der Waals surface area contributed by atoms with Gasteiger partial charge in [-0.15, -0.1) is 0 Å². The number of methoxy groups -OCH3 is 1. The molecule has 0 radical (unpaired) electrons. The Morgan fingerprint density at radius 1 is 1.35 bits per heavy atom. The molecule has 2 atom stereocenters. The van der Waals surface area contributed by atoms with Crippen molar-refractivity contribution in [3.05, 3.63) is 41.5 Å². The molecule has 0 saturated heterocycles. The molecule has 3 rings (SSSR count). The van der Waals surface area contributed by atoms with Gasteiger partial charge in [-0.25, -0.2) is 0 Å². The van der Waals surface area contributed by atoms with E-state index in [1.807, 2.05) is 12.1 Å². The minimum Gasteiger partial charge on any atom is -0.384 e. The van der Waals surface area contributed by atoms with Crippen LogP contribution in [0.1, 0.15) is 43.1 Å². The maximum absolute atomic E-state index is 5.46. The van der Waals surface area contributed by atoms with Gasteiger partial charge >= 0.3 is 0 Å². The van der Waals surface area contributed by atoms with Gasteiger partial charge in [0.05, 0.1) is 5.92 Å². The fraction of sp³-hybridized carbons (Fsp3) is 0.467. The summed E-state index contributed by atoms with van der Waals surface area (Å²) < 4.78 is 10.9. The largest absolute Gasteiger partial charge is 0.384 e. The number of hydrogen-bond acceptors (Lipinski definition) is 5. The lowest BCUT2D eigenvalue weighted by molar-refractivity contribution is 0.0555. The van der Waals surface area contributed by atoms with E-state index in [1.165, 1.54) is 5.56 Å². The highest BCUT2D eigenvalue weighted by atomic mass is 16.5. The van der Waals surface area contributed by atoms with Crippen molar-refractivity contribution in [3.63, 3.8) is 0 Å². The monoisotopic (exact) mass is 273 g/mol. The molecular weight excluding hydrogens is 254 g/mol. The lowest BCUT2D eigenvalue weighted by atomic mass is 10.0. The summed E-state index contributed by atoms with van der Waals surface area (Å²) in [4.78, 5) is 4.54. The van der Waals surface area contributed by atoms with Gasteiger partial charge in [-0.3, -0.25) is 0 Å². The summed E-state index contributed by atoms with van der Waals surface area (Å²) in [7, 11) is 1.67. The van der Waals surface area contributed by atoms with Crippen LogP contribution in [0.3, 0.4) is 0 Å². The smallest absolute Gasteiger partial charge is 0.236 e. The molecule has 0 saturated carbocycles. The van der Waals surface area contributed by atoms with E-state index in [0.717, 1.165) is 12.2 Å². The van der Waals surface area contributed by atoms with Crippen LogP contribution < -0.4 is 5.32 Å². The third-order valence-electron chi connectivity index (χ3n) is 3.70. The van der Waals surface area contributed by atoms with Crippen molar-refractivity contribution >= 4 is 5.69 Å². The molecule has 2 unspecified atom stereocenters. The molecule has 5 nitrogen and oxygen atoms in total. The molecule has 0 fully saturated rings. The van der Waals surface area contributed by atoms with Gasteiger partial charge in [0, 0.05) is 19.3 Å². The van der Waals surface area contributed by atoms with E-state index < -0.39 is 0 Å². The van der Waals surface area contributed by atoms with Crippen LogP contribution in [-0.4, -0.2) is 23.8 Å². The van der Waals surface area contributed by atoms with Crippen molar-refractivity contribution in [2.24, 2.45) is 5.92 Å². The molecule has 1 N–H and O–H groups in total. The van der Waals surface area contributed by atoms with Crippen LogP contribution in [0.15, 0.2) is 28.8 Å². The summed E-state index contributed by atoms with van der Waals surface area (Å²) in [6.07, 6.45) is -0.128. The number of ether oxygens (including phenoxy) is 1. The molecule has 0 bridgehead atoms. The molecule has 1 aliphatic rings. The number of rotatable bonds is 4. The maximum Gasteiger partial charge on any atom is 0.236 e. The highest BCUT2D eigenvalue weighted by molar-refractivity contribution is 5.59. The first kappa shape index (κ1) is 13.1. The van der Waals surface area contributed by atoms with Gasteiger partial charge in [-0.2, -0.15) is 4.98 Å². The second-order valence-electron chi connectivity index (χ2n) is 5.41. The zero-order valence-corrected chi connectivity index (χ0v) is 12.0. The Balaban J connectivity index is 1.88. The molecular formula is C15H19N3O2. The Kier molecular flexibility index (Phi) is 3.44. The molecule has 20 heavy (non-hydrogen) atoms. The standard InChI is InChI=1S/C15H19N3O2/c1-9(2)13(19-3)14-17-15(20-18-14)11-8-16-12-7-5-4-6-10(11)12/h4-7,9,11,13,16H,8H2,1-3H3. The lowest BCUT2D eigenvalue weighted by Crippen LogP contribution is -2.11. The van der Waals surface area contributed by atoms with Crippen molar-refractivity contribution in [1.29, 1.82) is 0 Å². The van der Waals surface area contributed by atoms with Crippen LogP contribution in [0.2, 0.25) is 0 Å². The molecule has 0 amide bonds. The highest BCUT2D eigenvalue weighted by Gasteiger charge is 2.30. The quantitative estimate of drug-likeness (QED) is 0.928. The van der Waals surface area contributed by atoms with Crippen molar-refractivity contribution in [2.75, 3.05) is 19.0 Å². The zero-order chi connectivity index (χ0) is 14.1. The summed E-state index contributed by atoms with van der Waals surface area (Å²) in [6, 6.07) is 8.22. The number of aromatic nitrogens is 2. The number of para-hydroxylation sites is 1. The average Bonchev–Trinajstić information content (AvgIpc) is 3.05. The Morgan fingerprint density at radius 2 is 2.15 bits per heavy atom. The number of fused-ring (bicyclic) bond motifs is 1. The van der Waals surface area contributed by atoms with E-state index in [-0.39, 0.29) is 12.0 Å². The zero-order valence-electron chi connectivity index (χ0n) is 12.0. The van der Waals surface area contributed by atoms with Crippen LogP contribution >= 0.6 is 0 Å². The van der Waals surface area contributed by atoms with E-state index in [1.54, 1.807) is 7.11 Å². The summed E-state index contributed by atoms with van der Waals surface area (Å²) in [5, 5.41) is 7.45. The Labute approximate surface area is 118 Å². The summed E-state index contributed by atoms with van der Waals surface area (Å²) in [5.41, 5.74) is 2.35. The van der Waals surface area contributed by atoms with E-state index in [0.29, 0.717) is 17.6 Å². The molecule has 106 valence electrons. The molecule has 1 aromatic heterocycles. The first-order valence-electron chi connectivity index (χ1n) is 6.89.